The van der Waals surface area contributed by atoms with Crippen LogP contribution in [0.25, 0.3) is 0 Å². The molecule has 0 aliphatic carbocycles. The number of anilines is 3. The van der Waals surface area contributed by atoms with Crippen molar-refractivity contribution in [2.24, 2.45) is 0 Å². The average molecular weight is 411 g/mol. The Hall–Kier alpha value is -3.74. The van der Waals surface area contributed by atoms with Crippen molar-refractivity contribution in [2.45, 2.75) is 23.6 Å². The lowest BCUT2D eigenvalue weighted by atomic mass is 10.1. The first kappa shape index (κ1) is 19.6. The number of carbonyl (C=O) groups excluding carboxylic acids is 1. The fraction of sp³-hybridized carbons (Fsp3) is 0.125. The van der Waals surface area contributed by atoms with Crippen LogP contribution in [0.2, 0.25) is 0 Å². The summed E-state index contributed by atoms with van der Waals surface area (Å²) in [4.78, 5) is 21.1. The summed E-state index contributed by atoms with van der Waals surface area (Å²) in [7, 11) is 0. The SMILES string of the molecule is CC#CCN1C(=O)c2ccccc2Sc2cc(Nc3ncc(C#N)cc3C)ccc21. The molecule has 0 saturated carbocycles. The maximum atomic E-state index is 13.2. The van der Waals surface area contributed by atoms with Crippen molar-refractivity contribution in [3.8, 4) is 17.9 Å². The number of nitriles is 1. The van der Waals surface area contributed by atoms with Gasteiger partial charge in [0, 0.05) is 21.7 Å². The van der Waals surface area contributed by atoms with E-state index in [-0.39, 0.29) is 5.91 Å². The van der Waals surface area contributed by atoms with Gasteiger partial charge < -0.3 is 5.32 Å². The first-order valence-corrected chi connectivity index (χ1v) is 10.2. The molecule has 1 aliphatic rings. The first-order chi connectivity index (χ1) is 14.6. The molecular weight excluding hydrogens is 392 g/mol. The Bertz CT molecular complexity index is 1250. The second-order valence-corrected chi connectivity index (χ2v) is 7.81. The summed E-state index contributed by atoms with van der Waals surface area (Å²) in [5.41, 5.74) is 3.78. The topological polar surface area (TPSA) is 69.0 Å². The molecule has 0 spiro atoms. The normalized spacial score (nSPS) is 12.0. The Kier molecular flexibility index (Phi) is 5.43. The summed E-state index contributed by atoms with van der Waals surface area (Å²) < 4.78 is 0. The van der Waals surface area contributed by atoms with E-state index < -0.39 is 0 Å². The van der Waals surface area contributed by atoms with Crippen molar-refractivity contribution in [3.05, 3.63) is 71.4 Å². The molecule has 0 unspecified atom stereocenters. The largest absolute Gasteiger partial charge is 0.340 e. The van der Waals surface area contributed by atoms with Gasteiger partial charge in [0.25, 0.3) is 5.91 Å². The minimum atomic E-state index is -0.0510. The van der Waals surface area contributed by atoms with Gasteiger partial charge in [-0.25, -0.2) is 4.98 Å². The average Bonchev–Trinajstić information content (AvgIpc) is 2.87. The molecule has 0 fully saturated rings. The zero-order valence-electron chi connectivity index (χ0n) is 16.6. The molecule has 1 N–H and O–H groups in total. The van der Waals surface area contributed by atoms with E-state index >= 15 is 0 Å². The smallest absolute Gasteiger partial charge is 0.260 e. The number of hydrogen-bond acceptors (Lipinski definition) is 5. The number of amides is 1. The van der Waals surface area contributed by atoms with E-state index in [1.807, 2.05) is 49.4 Å². The quantitative estimate of drug-likeness (QED) is 0.606. The third-order valence-corrected chi connectivity index (χ3v) is 5.84. The lowest BCUT2D eigenvalue weighted by molar-refractivity contribution is 0.0987. The van der Waals surface area contributed by atoms with E-state index in [0.717, 1.165) is 26.7 Å². The van der Waals surface area contributed by atoms with Crippen LogP contribution in [0.4, 0.5) is 17.2 Å². The van der Waals surface area contributed by atoms with E-state index in [0.29, 0.717) is 23.5 Å². The van der Waals surface area contributed by atoms with Crippen molar-refractivity contribution >= 4 is 34.9 Å². The molecule has 4 rings (SSSR count). The van der Waals surface area contributed by atoms with Crippen LogP contribution in [0, 0.1) is 30.1 Å². The van der Waals surface area contributed by atoms with Crippen LogP contribution in [0.3, 0.4) is 0 Å². The standard InChI is InChI=1S/C24H18N4OS/c1-3-4-11-28-20-10-9-18(27-23-16(2)12-17(14-25)15-26-23)13-22(20)30-21-8-6-5-7-19(21)24(28)29/h5-10,12-13,15H,11H2,1-2H3,(H,26,27). The number of rotatable bonds is 3. The van der Waals surface area contributed by atoms with E-state index in [1.54, 1.807) is 35.8 Å². The predicted molar refractivity (Wildman–Crippen MR) is 119 cm³/mol. The number of nitrogens with one attached hydrogen (secondary N) is 1. The van der Waals surface area contributed by atoms with Gasteiger partial charge in [-0.1, -0.05) is 29.8 Å². The van der Waals surface area contributed by atoms with Crippen molar-refractivity contribution in [1.82, 2.24) is 4.98 Å². The number of benzene rings is 2. The van der Waals surface area contributed by atoms with Crippen molar-refractivity contribution in [1.29, 1.82) is 5.26 Å². The summed E-state index contributed by atoms with van der Waals surface area (Å²) in [6, 6.07) is 17.4. The first-order valence-electron chi connectivity index (χ1n) is 9.37. The molecule has 5 nitrogen and oxygen atoms in total. The Labute approximate surface area is 179 Å². The second-order valence-electron chi connectivity index (χ2n) is 6.73. The molecule has 1 amide bonds. The molecule has 0 radical (unpaired) electrons. The number of pyridine rings is 1. The fourth-order valence-corrected chi connectivity index (χ4v) is 4.34. The van der Waals surface area contributed by atoms with Crippen LogP contribution in [0.1, 0.15) is 28.4 Å². The Morgan fingerprint density at radius 2 is 2.00 bits per heavy atom. The van der Waals surface area contributed by atoms with E-state index in [2.05, 4.69) is 28.2 Å². The molecule has 0 saturated heterocycles. The van der Waals surface area contributed by atoms with Gasteiger partial charge in [-0.3, -0.25) is 9.69 Å². The fourth-order valence-electron chi connectivity index (χ4n) is 3.22. The van der Waals surface area contributed by atoms with Gasteiger partial charge in [0.2, 0.25) is 0 Å². The molecule has 1 aliphatic heterocycles. The van der Waals surface area contributed by atoms with Crippen LogP contribution >= 0.6 is 11.8 Å². The van der Waals surface area contributed by atoms with Gasteiger partial charge in [0.15, 0.2) is 0 Å². The second kappa shape index (κ2) is 8.32. The van der Waals surface area contributed by atoms with Crippen LogP contribution < -0.4 is 10.2 Å². The number of nitrogens with zero attached hydrogens (tertiary/aromatic N) is 3. The molecule has 30 heavy (non-hydrogen) atoms. The summed E-state index contributed by atoms with van der Waals surface area (Å²) >= 11 is 1.57. The highest BCUT2D eigenvalue weighted by molar-refractivity contribution is 7.99. The van der Waals surface area contributed by atoms with Crippen molar-refractivity contribution in [3.63, 3.8) is 0 Å². The monoisotopic (exact) mass is 410 g/mol. The number of aryl methyl sites for hydroxylation is 1. The van der Waals surface area contributed by atoms with Crippen LogP contribution in [-0.4, -0.2) is 17.4 Å². The lowest BCUT2D eigenvalue weighted by Crippen LogP contribution is -2.31. The molecule has 0 atom stereocenters. The Morgan fingerprint density at radius 3 is 2.77 bits per heavy atom. The molecule has 6 heteroatoms. The number of fused-ring (bicyclic) bond motifs is 2. The molecule has 0 bridgehead atoms. The molecule has 146 valence electrons. The molecule has 1 aromatic heterocycles. The van der Waals surface area contributed by atoms with Gasteiger partial charge >= 0.3 is 0 Å². The molecular formula is C24H18N4OS. The van der Waals surface area contributed by atoms with Crippen molar-refractivity contribution in [2.75, 3.05) is 16.8 Å². The van der Waals surface area contributed by atoms with E-state index in [1.165, 1.54) is 0 Å². The maximum absolute atomic E-state index is 13.2. The summed E-state index contributed by atoms with van der Waals surface area (Å²) in [6.45, 7) is 4.01. The van der Waals surface area contributed by atoms with Crippen molar-refractivity contribution < 1.29 is 4.79 Å². The zero-order valence-corrected chi connectivity index (χ0v) is 17.4. The highest BCUT2D eigenvalue weighted by atomic mass is 32.2. The van der Waals surface area contributed by atoms with E-state index in [9.17, 15) is 4.79 Å². The van der Waals surface area contributed by atoms with Gasteiger partial charge in [-0.05, 0) is 55.8 Å². The van der Waals surface area contributed by atoms with E-state index in [4.69, 9.17) is 5.26 Å². The zero-order chi connectivity index (χ0) is 21.1. The number of hydrogen-bond donors (Lipinski definition) is 1. The summed E-state index contributed by atoms with van der Waals surface area (Å²) in [6.07, 6.45) is 1.55. The third-order valence-electron chi connectivity index (χ3n) is 4.72. The van der Waals surface area contributed by atoms with Gasteiger partial charge in [0.05, 0.1) is 23.4 Å². The third kappa shape index (κ3) is 3.74. The highest BCUT2D eigenvalue weighted by Gasteiger charge is 2.26. The predicted octanol–water partition coefficient (Wildman–Crippen LogP) is 5.14. The summed E-state index contributed by atoms with van der Waals surface area (Å²) in [5, 5.41) is 12.4. The van der Waals surface area contributed by atoms with Crippen LogP contribution in [0.15, 0.2) is 64.5 Å². The highest BCUT2D eigenvalue weighted by Crippen LogP contribution is 2.42. The van der Waals surface area contributed by atoms with Gasteiger partial charge in [0.1, 0.15) is 11.9 Å². The summed E-state index contributed by atoms with van der Waals surface area (Å²) in [5.74, 6) is 6.53. The number of aromatic nitrogens is 1. The molecule has 2 heterocycles. The Morgan fingerprint density at radius 1 is 1.17 bits per heavy atom. The molecule has 2 aromatic carbocycles. The molecule has 3 aromatic rings. The lowest BCUT2D eigenvalue weighted by Gasteiger charge is -2.21. The van der Waals surface area contributed by atoms with Crippen LogP contribution in [0.5, 0.6) is 0 Å². The maximum Gasteiger partial charge on any atom is 0.260 e. The minimum Gasteiger partial charge on any atom is -0.340 e. The van der Waals surface area contributed by atoms with Gasteiger partial charge in [-0.2, -0.15) is 5.26 Å². The van der Waals surface area contributed by atoms with Gasteiger partial charge in [-0.15, -0.1) is 5.92 Å². The number of carbonyl (C=O) groups is 1. The Balaban J connectivity index is 1.75. The minimum absolute atomic E-state index is 0.0510. The van der Waals surface area contributed by atoms with Crippen LogP contribution in [-0.2, 0) is 0 Å².